The van der Waals surface area contributed by atoms with Crippen molar-refractivity contribution in [2.75, 3.05) is 12.8 Å². The van der Waals surface area contributed by atoms with Gasteiger partial charge in [-0.15, -0.1) is 0 Å². The van der Waals surface area contributed by atoms with Crippen LogP contribution in [0.2, 0.25) is 0 Å². The van der Waals surface area contributed by atoms with E-state index in [0.29, 0.717) is 0 Å². The molecule has 0 spiro atoms. The number of hydrogen-bond donors (Lipinski definition) is 0. The van der Waals surface area contributed by atoms with E-state index in [4.69, 9.17) is 4.74 Å². The third-order valence-electron chi connectivity index (χ3n) is 5.07. The van der Waals surface area contributed by atoms with Gasteiger partial charge in [-0.3, -0.25) is 4.79 Å². The summed E-state index contributed by atoms with van der Waals surface area (Å²) in [6, 6.07) is 29.6. The van der Waals surface area contributed by atoms with Gasteiger partial charge in [-0.2, -0.15) is 0 Å². The van der Waals surface area contributed by atoms with Crippen molar-refractivity contribution in [3.05, 3.63) is 102 Å². The van der Waals surface area contributed by atoms with E-state index in [9.17, 15) is 14.7 Å². The Kier molecular flexibility index (Phi) is 5.28. The molecule has 0 N–H and O–H groups in total. The van der Waals surface area contributed by atoms with E-state index < -0.39 is 24.8 Å². The second-order valence-corrected chi connectivity index (χ2v) is 10.3. The van der Waals surface area contributed by atoms with Crippen molar-refractivity contribution in [2.24, 2.45) is 0 Å². The quantitative estimate of drug-likeness (QED) is 0.214. The van der Waals surface area contributed by atoms with Crippen molar-refractivity contribution in [2.45, 2.75) is 0 Å². The maximum absolute atomic E-state index is 13.3. The summed E-state index contributed by atoms with van der Waals surface area (Å²) < 4.78 is 4.80. The molecule has 3 aromatic rings. The zero-order valence-corrected chi connectivity index (χ0v) is 16.5. The molecule has 5 heteroatoms. The molecule has 0 saturated carbocycles. The largest absolute Gasteiger partial charge is 0.872 e. The van der Waals surface area contributed by atoms with E-state index in [-0.39, 0.29) is 18.3 Å². The molecule has 0 aliphatic carbocycles. The zero-order valence-electron chi connectivity index (χ0n) is 15.7. The molecular weight excluding hydrogens is 383 g/mol. The topological polar surface area (TPSA) is 66.4 Å². The van der Waals surface area contributed by atoms with Crippen molar-refractivity contribution in [3.8, 4) is 0 Å². The number of ketones is 1. The first-order valence-corrected chi connectivity index (χ1v) is 11.3. The molecule has 0 radical (unpaired) electrons. The summed E-state index contributed by atoms with van der Waals surface area (Å²) in [5.74, 6) is -1.80. The fraction of sp³-hybridized carbons (Fsp3) is 0.0833. The van der Waals surface area contributed by atoms with Gasteiger partial charge in [0.05, 0.1) is 11.7 Å². The van der Waals surface area contributed by atoms with Crippen LogP contribution in [0.15, 0.2) is 102 Å². The zero-order chi connectivity index (χ0) is 20.3. The summed E-state index contributed by atoms with van der Waals surface area (Å²) in [4.78, 5) is 24.2. The van der Waals surface area contributed by atoms with Gasteiger partial charge in [0.2, 0.25) is 5.78 Å². The smallest absolute Gasteiger partial charge is 0.341 e. The van der Waals surface area contributed by atoms with E-state index in [1.54, 1.807) is 0 Å². The van der Waals surface area contributed by atoms with Crippen LogP contribution in [0.5, 0.6) is 0 Å². The maximum atomic E-state index is 13.3. The van der Waals surface area contributed by atoms with Gasteiger partial charge < -0.3 is 9.84 Å². The van der Waals surface area contributed by atoms with Crippen LogP contribution >= 0.6 is 7.26 Å². The van der Waals surface area contributed by atoms with Crippen LogP contribution in [0.25, 0.3) is 0 Å². The highest BCUT2D eigenvalue weighted by molar-refractivity contribution is 7.95. The normalized spacial score (nSPS) is 15.9. The number of allylic oxidation sites excluding steroid dienone is 1. The minimum atomic E-state index is -2.45. The average Bonchev–Trinajstić information content (AvgIpc) is 3.12. The molecule has 29 heavy (non-hydrogen) atoms. The first-order chi connectivity index (χ1) is 14.1. The van der Waals surface area contributed by atoms with E-state index in [0.717, 1.165) is 15.9 Å². The SMILES string of the molecule is O=C1COC(=O)/C1=C(/[O-])C[P+](c1ccccc1)(c1ccccc1)c1ccccc1. The molecule has 1 fully saturated rings. The second-order valence-electron chi connectivity index (χ2n) is 6.77. The summed E-state index contributed by atoms with van der Waals surface area (Å²) in [5, 5.41) is 16.3. The van der Waals surface area contributed by atoms with E-state index in [2.05, 4.69) is 0 Å². The Bertz CT molecular complexity index is 945. The molecule has 0 amide bonds. The molecule has 1 aliphatic heterocycles. The molecule has 144 valence electrons. The number of carbonyl (C=O) groups excluding carboxylic acids is 2. The van der Waals surface area contributed by atoms with Gasteiger partial charge in [0, 0.05) is 0 Å². The monoisotopic (exact) mass is 402 g/mol. The predicted molar refractivity (Wildman–Crippen MR) is 113 cm³/mol. The van der Waals surface area contributed by atoms with E-state index >= 15 is 0 Å². The Morgan fingerprint density at radius 1 is 0.759 bits per heavy atom. The lowest BCUT2D eigenvalue weighted by atomic mass is 10.2. The third-order valence-corrected chi connectivity index (χ3v) is 9.37. The number of carbonyl (C=O) groups is 2. The number of ether oxygens (including phenoxy) is 1. The molecule has 4 rings (SSSR count). The van der Waals surface area contributed by atoms with Crippen LogP contribution in [-0.2, 0) is 14.3 Å². The van der Waals surface area contributed by atoms with Crippen molar-refractivity contribution in [3.63, 3.8) is 0 Å². The summed E-state index contributed by atoms with van der Waals surface area (Å²) in [5.41, 5.74) is -0.336. The Hall–Kier alpha value is -3.23. The number of hydrogen-bond acceptors (Lipinski definition) is 4. The Morgan fingerprint density at radius 3 is 1.52 bits per heavy atom. The van der Waals surface area contributed by atoms with E-state index in [1.807, 2.05) is 91.0 Å². The highest BCUT2D eigenvalue weighted by atomic mass is 31.2. The van der Waals surface area contributed by atoms with Gasteiger partial charge in [-0.25, -0.2) is 4.79 Å². The Balaban J connectivity index is 2.00. The number of esters is 1. The molecule has 4 nitrogen and oxygen atoms in total. The lowest BCUT2D eigenvalue weighted by Gasteiger charge is -2.30. The predicted octanol–water partition coefficient (Wildman–Crippen LogP) is 1.72. The fourth-order valence-corrected chi connectivity index (χ4v) is 7.80. The van der Waals surface area contributed by atoms with Gasteiger partial charge >= 0.3 is 5.97 Å². The molecule has 1 saturated heterocycles. The Morgan fingerprint density at radius 2 is 1.17 bits per heavy atom. The van der Waals surface area contributed by atoms with Crippen molar-refractivity contribution >= 4 is 34.9 Å². The molecule has 3 aromatic carbocycles. The van der Waals surface area contributed by atoms with Gasteiger partial charge in [0.1, 0.15) is 23.2 Å². The summed E-state index contributed by atoms with van der Waals surface area (Å²) in [7, 11) is -2.45. The molecular formula is C24H19O4P. The number of Topliss-reactive ketones (excluding diaryl/α,β-unsaturated/α-hetero) is 1. The molecule has 0 aromatic heterocycles. The van der Waals surface area contributed by atoms with Gasteiger partial charge in [0.25, 0.3) is 0 Å². The average molecular weight is 402 g/mol. The third kappa shape index (κ3) is 3.48. The highest BCUT2D eigenvalue weighted by Crippen LogP contribution is 2.56. The van der Waals surface area contributed by atoms with Crippen LogP contribution in [0.4, 0.5) is 0 Å². The van der Waals surface area contributed by atoms with Gasteiger partial charge in [0.15, 0.2) is 6.61 Å². The van der Waals surface area contributed by atoms with Crippen molar-refractivity contribution < 1.29 is 19.4 Å². The number of rotatable bonds is 5. The number of cyclic esters (lactones) is 1. The van der Waals surface area contributed by atoms with Crippen LogP contribution < -0.4 is 21.0 Å². The molecule has 1 aliphatic rings. The fourth-order valence-electron chi connectivity index (χ4n) is 3.72. The summed E-state index contributed by atoms with van der Waals surface area (Å²) in [6.45, 7) is -0.354. The molecule has 0 atom stereocenters. The van der Waals surface area contributed by atoms with E-state index in [1.165, 1.54) is 0 Å². The lowest BCUT2D eigenvalue weighted by Crippen LogP contribution is -2.36. The minimum absolute atomic E-state index is 0.0568. The van der Waals surface area contributed by atoms with Crippen molar-refractivity contribution in [1.82, 2.24) is 0 Å². The second kappa shape index (κ2) is 8.02. The van der Waals surface area contributed by atoms with Crippen molar-refractivity contribution in [1.29, 1.82) is 0 Å². The van der Waals surface area contributed by atoms with Crippen LogP contribution in [0, 0.1) is 0 Å². The summed E-state index contributed by atoms with van der Waals surface area (Å²) >= 11 is 0. The highest BCUT2D eigenvalue weighted by Gasteiger charge is 2.46. The first-order valence-electron chi connectivity index (χ1n) is 9.28. The minimum Gasteiger partial charge on any atom is -0.872 e. The van der Waals surface area contributed by atoms with Crippen LogP contribution in [0.3, 0.4) is 0 Å². The maximum Gasteiger partial charge on any atom is 0.341 e. The molecule has 0 unspecified atom stereocenters. The first kappa shape index (κ1) is 19.1. The summed E-state index contributed by atoms with van der Waals surface area (Å²) in [6.07, 6.45) is 0.0568. The van der Waals surface area contributed by atoms with Gasteiger partial charge in [-0.1, -0.05) is 60.4 Å². The number of benzene rings is 3. The molecule has 1 heterocycles. The standard InChI is InChI=1S/C24H19O4P/c25-21-16-28-24(27)23(21)22(26)17-29(18-10-4-1-5-11-18,19-12-6-2-7-13-19)20-14-8-3-9-15-20/h1-15H,16-17H2. The van der Waals surface area contributed by atoms with Gasteiger partial charge in [-0.05, 0) is 36.4 Å². The van der Waals surface area contributed by atoms with Crippen LogP contribution in [-0.4, -0.2) is 24.5 Å². The molecule has 0 bridgehead atoms. The lowest BCUT2D eigenvalue weighted by molar-refractivity contribution is -0.301. The Labute approximate surface area is 169 Å². The van der Waals surface area contributed by atoms with Crippen LogP contribution in [0.1, 0.15) is 0 Å².